The van der Waals surface area contributed by atoms with Crippen molar-refractivity contribution in [1.29, 1.82) is 0 Å². The molecule has 0 radical (unpaired) electrons. The number of anilines is 1. The number of hydrogen-bond donors (Lipinski definition) is 2. The van der Waals surface area contributed by atoms with Gasteiger partial charge in [0.1, 0.15) is 0 Å². The van der Waals surface area contributed by atoms with E-state index in [1.54, 1.807) is 0 Å². The highest BCUT2D eigenvalue weighted by atomic mass is 16.2. The third-order valence-electron chi connectivity index (χ3n) is 2.54. The van der Waals surface area contributed by atoms with Gasteiger partial charge >= 0.3 is 0 Å². The van der Waals surface area contributed by atoms with Crippen LogP contribution in [-0.4, -0.2) is 12.5 Å². The number of carbonyl (C=O) groups excluding carboxylic acids is 1. The molecule has 1 amide bonds. The van der Waals surface area contributed by atoms with Gasteiger partial charge < -0.3 is 5.73 Å². The van der Waals surface area contributed by atoms with Gasteiger partial charge in [-0.15, -0.1) is 0 Å². The lowest BCUT2D eigenvalue weighted by molar-refractivity contribution is -0.119. The number of para-hydroxylation sites is 1. The van der Waals surface area contributed by atoms with Crippen LogP contribution in [-0.2, 0) is 4.79 Å². The lowest BCUT2D eigenvalue weighted by Crippen LogP contribution is -2.34. The van der Waals surface area contributed by atoms with Crippen LogP contribution in [0.4, 0.5) is 5.69 Å². The maximum atomic E-state index is 11.1. The maximum Gasteiger partial charge on any atom is 0.240 e. The molecule has 1 aromatic rings. The molecule has 1 fully saturated rings. The van der Waals surface area contributed by atoms with E-state index in [9.17, 15) is 4.79 Å². The van der Waals surface area contributed by atoms with Gasteiger partial charge in [-0.1, -0.05) is 18.2 Å². The average molecular weight is 205 g/mol. The normalized spacial score (nSPS) is 17.7. The second kappa shape index (κ2) is 3.90. The molecule has 3 N–H and O–H groups in total. The first-order valence-electron chi connectivity index (χ1n) is 5.10. The molecule has 1 aliphatic heterocycles. The molecule has 1 unspecified atom stereocenters. The smallest absolute Gasteiger partial charge is 0.240 e. The molecule has 0 aliphatic carbocycles. The molecule has 1 atom stereocenters. The first kappa shape index (κ1) is 9.98. The SMILES string of the molecule is CC(N)c1ccccc1N1CCC(=O)N1. The predicted molar refractivity (Wildman–Crippen MR) is 59.2 cm³/mol. The van der Waals surface area contributed by atoms with E-state index in [-0.39, 0.29) is 11.9 Å². The van der Waals surface area contributed by atoms with Gasteiger partial charge in [-0.3, -0.25) is 15.2 Å². The predicted octanol–water partition coefficient (Wildman–Crippen LogP) is 0.948. The zero-order valence-electron chi connectivity index (χ0n) is 8.73. The van der Waals surface area contributed by atoms with Crippen molar-refractivity contribution >= 4 is 11.6 Å². The van der Waals surface area contributed by atoms with E-state index in [4.69, 9.17) is 5.73 Å². The van der Waals surface area contributed by atoms with Crippen molar-refractivity contribution in [2.45, 2.75) is 19.4 Å². The van der Waals surface area contributed by atoms with Crippen molar-refractivity contribution in [3.05, 3.63) is 29.8 Å². The first-order valence-corrected chi connectivity index (χ1v) is 5.10. The molecular formula is C11H15N3O. The Bertz CT molecular complexity index is 376. The standard InChI is InChI=1S/C11H15N3O/c1-8(12)9-4-2-3-5-10(9)14-7-6-11(15)13-14/h2-5,8H,6-7,12H2,1H3,(H,13,15). The molecular weight excluding hydrogens is 190 g/mol. The minimum atomic E-state index is -0.0290. The largest absolute Gasteiger partial charge is 0.324 e. The Kier molecular flexibility index (Phi) is 2.60. The summed E-state index contributed by atoms with van der Waals surface area (Å²) < 4.78 is 0. The molecule has 1 aromatic carbocycles. The van der Waals surface area contributed by atoms with Gasteiger partial charge in [0.25, 0.3) is 0 Å². The van der Waals surface area contributed by atoms with Gasteiger partial charge in [0.05, 0.1) is 5.69 Å². The van der Waals surface area contributed by atoms with Crippen molar-refractivity contribution in [3.8, 4) is 0 Å². The molecule has 0 spiro atoms. The van der Waals surface area contributed by atoms with Crippen molar-refractivity contribution in [2.75, 3.05) is 11.6 Å². The van der Waals surface area contributed by atoms with Crippen molar-refractivity contribution in [2.24, 2.45) is 5.73 Å². The fourth-order valence-electron chi connectivity index (χ4n) is 1.77. The van der Waals surface area contributed by atoms with Crippen molar-refractivity contribution in [1.82, 2.24) is 5.43 Å². The van der Waals surface area contributed by atoms with Crippen LogP contribution in [0.15, 0.2) is 24.3 Å². The second-order valence-electron chi connectivity index (χ2n) is 3.78. The monoisotopic (exact) mass is 205 g/mol. The highest BCUT2D eigenvalue weighted by molar-refractivity contribution is 5.82. The van der Waals surface area contributed by atoms with Gasteiger partial charge in [0.15, 0.2) is 0 Å². The van der Waals surface area contributed by atoms with Gasteiger partial charge in [-0.25, -0.2) is 0 Å². The van der Waals surface area contributed by atoms with Crippen LogP contribution < -0.4 is 16.2 Å². The van der Waals surface area contributed by atoms with Crippen LogP contribution >= 0.6 is 0 Å². The van der Waals surface area contributed by atoms with Crippen LogP contribution in [0.2, 0.25) is 0 Å². The quantitative estimate of drug-likeness (QED) is 0.755. The first-order chi connectivity index (χ1) is 7.18. The Morgan fingerprint density at radius 3 is 2.80 bits per heavy atom. The fraction of sp³-hybridized carbons (Fsp3) is 0.364. The molecule has 15 heavy (non-hydrogen) atoms. The third kappa shape index (κ3) is 1.94. The van der Waals surface area contributed by atoms with Crippen LogP contribution in [0, 0.1) is 0 Å². The Labute approximate surface area is 89.0 Å². The van der Waals surface area contributed by atoms with Crippen LogP contribution in [0.3, 0.4) is 0 Å². The molecule has 0 aromatic heterocycles. The summed E-state index contributed by atoms with van der Waals surface area (Å²) in [6.45, 7) is 2.65. The Hall–Kier alpha value is -1.55. The summed E-state index contributed by atoms with van der Waals surface area (Å²) >= 11 is 0. The molecule has 1 heterocycles. The zero-order valence-corrected chi connectivity index (χ0v) is 8.73. The van der Waals surface area contributed by atoms with Crippen LogP contribution in [0.1, 0.15) is 24.9 Å². The summed E-state index contributed by atoms with van der Waals surface area (Å²) in [6, 6.07) is 7.85. The molecule has 2 rings (SSSR count). The topological polar surface area (TPSA) is 58.4 Å². The summed E-state index contributed by atoms with van der Waals surface area (Å²) in [4.78, 5) is 11.1. The van der Waals surface area contributed by atoms with E-state index in [2.05, 4.69) is 5.43 Å². The van der Waals surface area contributed by atoms with E-state index in [0.29, 0.717) is 13.0 Å². The molecule has 0 saturated carbocycles. The number of nitrogens with zero attached hydrogens (tertiary/aromatic N) is 1. The fourth-order valence-corrected chi connectivity index (χ4v) is 1.77. The number of hydrogen-bond acceptors (Lipinski definition) is 3. The van der Waals surface area contributed by atoms with Crippen LogP contribution in [0.25, 0.3) is 0 Å². The van der Waals surface area contributed by atoms with Gasteiger partial charge in [-0.2, -0.15) is 0 Å². The summed E-state index contributed by atoms with van der Waals surface area (Å²) in [7, 11) is 0. The third-order valence-corrected chi connectivity index (χ3v) is 2.54. The van der Waals surface area contributed by atoms with Gasteiger partial charge in [-0.05, 0) is 18.6 Å². The summed E-state index contributed by atoms with van der Waals surface area (Å²) in [6.07, 6.45) is 0.549. The van der Waals surface area contributed by atoms with E-state index >= 15 is 0 Å². The highest BCUT2D eigenvalue weighted by Gasteiger charge is 2.21. The Balaban J connectivity index is 2.31. The number of rotatable bonds is 2. The van der Waals surface area contributed by atoms with E-state index < -0.39 is 0 Å². The maximum absolute atomic E-state index is 11.1. The lowest BCUT2D eigenvalue weighted by Gasteiger charge is -2.22. The molecule has 1 saturated heterocycles. The van der Waals surface area contributed by atoms with Crippen LogP contribution in [0.5, 0.6) is 0 Å². The lowest BCUT2D eigenvalue weighted by atomic mass is 10.1. The molecule has 4 heteroatoms. The number of hydrazine groups is 1. The van der Waals surface area contributed by atoms with Crippen molar-refractivity contribution in [3.63, 3.8) is 0 Å². The summed E-state index contributed by atoms with van der Waals surface area (Å²) in [5.41, 5.74) is 10.7. The average Bonchev–Trinajstić information content (AvgIpc) is 2.65. The number of carbonyl (C=O) groups is 1. The zero-order chi connectivity index (χ0) is 10.8. The van der Waals surface area contributed by atoms with E-state index in [1.165, 1.54) is 0 Å². The van der Waals surface area contributed by atoms with E-state index in [1.807, 2.05) is 36.2 Å². The Morgan fingerprint density at radius 1 is 1.47 bits per heavy atom. The molecule has 80 valence electrons. The molecule has 4 nitrogen and oxygen atoms in total. The highest BCUT2D eigenvalue weighted by Crippen LogP contribution is 2.25. The van der Waals surface area contributed by atoms with E-state index in [0.717, 1.165) is 11.3 Å². The summed E-state index contributed by atoms with van der Waals surface area (Å²) in [5, 5.41) is 1.86. The summed E-state index contributed by atoms with van der Waals surface area (Å²) in [5.74, 6) is 0.0643. The minimum absolute atomic E-state index is 0.0290. The minimum Gasteiger partial charge on any atom is -0.324 e. The molecule has 1 aliphatic rings. The number of nitrogens with one attached hydrogen (secondary N) is 1. The van der Waals surface area contributed by atoms with Gasteiger partial charge in [0.2, 0.25) is 5.91 Å². The Morgan fingerprint density at radius 2 is 2.20 bits per heavy atom. The number of nitrogens with two attached hydrogens (primary N) is 1. The number of benzene rings is 1. The number of amides is 1. The van der Waals surface area contributed by atoms with Crippen molar-refractivity contribution < 1.29 is 4.79 Å². The molecule has 0 bridgehead atoms. The second-order valence-corrected chi connectivity index (χ2v) is 3.78. The van der Waals surface area contributed by atoms with Gasteiger partial charge in [0, 0.05) is 19.0 Å².